The van der Waals surface area contributed by atoms with Crippen molar-refractivity contribution in [1.29, 1.82) is 0 Å². The normalized spacial score (nSPS) is 11.9. The number of hydrogen-bond donors (Lipinski definition) is 2. The molecule has 0 radical (unpaired) electrons. The minimum absolute atomic E-state index is 0.267. The molecule has 1 atom stereocenters. The van der Waals surface area contributed by atoms with Crippen LogP contribution in [0.1, 0.15) is 25.3 Å². The number of hydrogen-bond acceptors (Lipinski definition) is 4. The highest BCUT2D eigenvalue weighted by Crippen LogP contribution is 2.07. The predicted molar refractivity (Wildman–Crippen MR) is 73.1 cm³/mol. The summed E-state index contributed by atoms with van der Waals surface area (Å²) in [5.74, 6) is -1.60. The van der Waals surface area contributed by atoms with Gasteiger partial charge in [0.2, 0.25) is 0 Å². The Morgan fingerprint density at radius 2 is 2.00 bits per heavy atom. The zero-order valence-electron chi connectivity index (χ0n) is 11.5. The predicted octanol–water partition coefficient (Wildman–Crippen LogP) is 0.698. The number of aromatic nitrogens is 1. The lowest BCUT2D eigenvalue weighted by atomic mass is 10.1. The monoisotopic (exact) mass is 280 g/mol. The van der Waals surface area contributed by atoms with Crippen molar-refractivity contribution in [3.63, 3.8) is 0 Å². The molecule has 110 valence electrons. The summed E-state index contributed by atoms with van der Waals surface area (Å²) in [5, 5.41) is 18.7. The molecular formula is C14H20N2O4. The number of aliphatic carboxylic acids is 1. The van der Waals surface area contributed by atoms with Crippen LogP contribution in [0.2, 0.25) is 0 Å². The van der Waals surface area contributed by atoms with Gasteiger partial charge in [0.25, 0.3) is 5.91 Å². The van der Waals surface area contributed by atoms with E-state index in [4.69, 9.17) is 5.11 Å². The summed E-state index contributed by atoms with van der Waals surface area (Å²) < 4.78 is 0. The smallest absolute Gasteiger partial charge is 0.323 e. The molecule has 1 rings (SSSR count). The summed E-state index contributed by atoms with van der Waals surface area (Å²) in [6.07, 6.45) is 3.59. The van der Waals surface area contributed by atoms with Crippen molar-refractivity contribution in [3.05, 3.63) is 30.1 Å². The molecule has 1 aromatic rings. The van der Waals surface area contributed by atoms with E-state index in [0.29, 0.717) is 19.4 Å². The molecule has 0 spiro atoms. The molecule has 6 heteroatoms. The highest BCUT2D eigenvalue weighted by atomic mass is 16.4. The van der Waals surface area contributed by atoms with Gasteiger partial charge in [-0.2, -0.15) is 0 Å². The third-order valence-corrected chi connectivity index (χ3v) is 2.87. The molecular weight excluding hydrogens is 260 g/mol. The molecule has 2 N–H and O–H groups in total. The molecule has 0 saturated heterocycles. The molecule has 1 aromatic heterocycles. The number of carbonyl (C=O) groups is 2. The molecule has 0 unspecified atom stereocenters. The van der Waals surface area contributed by atoms with Crippen LogP contribution < -0.4 is 0 Å². The summed E-state index contributed by atoms with van der Waals surface area (Å²) in [6, 6.07) is 3.64. The molecule has 0 aliphatic carbocycles. The number of carboxylic acid groups (broad SMARTS) is 1. The van der Waals surface area contributed by atoms with Crippen molar-refractivity contribution in [3.8, 4) is 0 Å². The summed E-state index contributed by atoms with van der Waals surface area (Å²) in [5.41, 5.74) is 0.979. The number of pyridine rings is 1. The van der Waals surface area contributed by atoms with Gasteiger partial charge in [0.1, 0.15) is 12.6 Å². The average molecular weight is 280 g/mol. The molecule has 0 bridgehead atoms. The Morgan fingerprint density at radius 1 is 1.35 bits per heavy atom. The van der Waals surface area contributed by atoms with Crippen molar-refractivity contribution in [2.75, 3.05) is 13.1 Å². The van der Waals surface area contributed by atoms with E-state index in [9.17, 15) is 14.7 Å². The molecule has 0 aliphatic rings. The Kier molecular flexibility index (Phi) is 6.66. The molecule has 0 aromatic carbocycles. The number of nitrogens with zero attached hydrogens (tertiary/aromatic N) is 2. The summed E-state index contributed by atoms with van der Waals surface area (Å²) in [6.45, 7) is 1.81. The quantitative estimate of drug-likeness (QED) is 0.731. The van der Waals surface area contributed by atoms with E-state index in [2.05, 4.69) is 4.98 Å². The number of aliphatic hydroxyl groups is 1. The fraction of sp³-hybridized carbons (Fsp3) is 0.500. The highest BCUT2D eigenvalue weighted by Gasteiger charge is 2.23. The van der Waals surface area contributed by atoms with Gasteiger partial charge in [-0.1, -0.05) is 6.92 Å². The highest BCUT2D eigenvalue weighted by molar-refractivity contribution is 5.84. The lowest BCUT2D eigenvalue weighted by molar-refractivity contribution is -0.148. The van der Waals surface area contributed by atoms with E-state index in [1.54, 1.807) is 12.4 Å². The summed E-state index contributed by atoms with van der Waals surface area (Å²) >= 11 is 0. The van der Waals surface area contributed by atoms with Crippen LogP contribution in [-0.2, 0) is 16.0 Å². The van der Waals surface area contributed by atoms with E-state index < -0.39 is 18.0 Å². The zero-order valence-corrected chi connectivity index (χ0v) is 11.5. The standard InChI is InChI=1S/C14H20N2O4/c1-2-9-16(10-13(18)19)14(20)12(17)4-3-11-5-7-15-8-6-11/h5-8,12,17H,2-4,9-10H2,1H3,(H,18,19)/t12-/m0/s1. The average Bonchev–Trinajstić information content (AvgIpc) is 2.44. The fourth-order valence-corrected chi connectivity index (χ4v) is 1.89. The van der Waals surface area contributed by atoms with Gasteiger partial charge >= 0.3 is 5.97 Å². The minimum Gasteiger partial charge on any atom is -0.480 e. The number of aliphatic hydroxyl groups excluding tert-OH is 1. The van der Waals surface area contributed by atoms with Crippen LogP contribution in [0.4, 0.5) is 0 Å². The Balaban J connectivity index is 2.53. The Bertz CT molecular complexity index is 436. The van der Waals surface area contributed by atoms with Crippen molar-refractivity contribution in [1.82, 2.24) is 9.88 Å². The summed E-state index contributed by atoms with van der Waals surface area (Å²) in [7, 11) is 0. The maximum Gasteiger partial charge on any atom is 0.323 e. The van der Waals surface area contributed by atoms with Crippen LogP contribution in [0.15, 0.2) is 24.5 Å². The maximum absolute atomic E-state index is 12.0. The zero-order chi connectivity index (χ0) is 15.0. The summed E-state index contributed by atoms with van der Waals surface area (Å²) in [4.78, 5) is 27.8. The van der Waals surface area contributed by atoms with Crippen LogP contribution in [0.25, 0.3) is 0 Å². The van der Waals surface area contributed by atoms with Gasteiger partial charge in [0.15, 0.2) is 0 Å². The third kappa shape index (κ3) is 5.36. The fourth-order valence-electron chi connectivity index (χ4n) is 1.89. The number of carbonyl (C=O) groups excluding carboxylic acids is 1. The second-order valence-corrected chi connectivity index (χ2v) is 4.56. The van der Waals surface area contributed by atoms with Gasteiger partial charge in [-0.05, 0) is 37.0 Å². The van der Waals surface area contributed by atoms with E-state index in [-0.39, 0.29) is 13.0 Å². The third-order valence-electron chi connectivity index (χ3n) is 2.87. The van der Waals surface area contributed by atoms with Gasteiger partial charge in [0.05, 0.1) is 0 Å². The molecule has 1 amide bonds. The van der Waals surface area contributed by atoms with E-state index in [1.165, 1.54) is 4.90 Å². The Hall–Kier alpha value is -1.95. The van der Waals surface area contributed by atoms with E-state index >= 15 is 0 Å². The van der Waals surface area contributed by atoms with Crippen molar-refractivity contribution in [2.24, 2.45) is 0 Å². The SMILES string of the molecule is CCCN(CC(=O)O)C(=O)[C@@H](O)CCc1ccncc1. The van der Waals surface area contributed by atoms with Crippen LogP contribution >= 0.6 is 0 Å². The topological polar surface area (TPSA) is 90.7 Å². The first-order chi connectivity index (χ1) is 9.54. The van der Waals surface area contributed by atoms with Gasteiger partial charge in [-0.25, -0.2) is 0 Å². The molecule has 1 heterocycles. The Labute approximate surface area is 118 Å². The van der Waals surface area contributed by atoms with E-state index in [0.717, 1.165) is 5.56 Å². The Morgan fingerprint density at radius 3 is 2.55 bits per heavy atom. The van der Waals surface area contributed by atoms with Crippen LogP contribution in [0.5, 0.6) is 0 Å². The number of carboxylic acids is 1. The van der Waals surface area contributed by atoms with Crippen molar-refractivity contribution in [2.45, 2.75) is 32.3 Å². The van der Waals surface area contributed by atoms with Crippen LogP contribution in [0, 0.1) is 0 Å². The van der Waals surface area contributed by atoms with Gasteiger partial charge < -0.3 is 15.1 Å². The number of rotatable bonds is 8. The first kappa shape index (κ1) is 16.1. The van der Waals surface area contributed by atoms with Crippen LogP contribution in [-0.4, -0.2) is 51.2 Å². The number of amides is 1. The lowest BCUT2D eigenvalue weighted by Crippen LogP contribution is -2.42. The molecule has 0 aliphatic heterocycles. The van der Waals surface area contributed by atoms with Crippen LogP contribution in [0.3, 0.4) is 0 Å². The molecule has 20 heavy (non-hydrogen) atoms. The lowest BCUT2D eigenvalue weighted by Gasteiger charge is -2.23. The van der Waals surface area contributed by atoms with Gasteiger partial charge in [-0.15, -0.1) is 0 Å². The van der Waals surface area contributed by atoms with Gasteiger partial charge in [0, 0.05) is 18.9 Å². The van der Waals surface area contributed by atoms with Crippen molar-refractivity contribution >= 4 is 11.9 Å². The number of aryl methyl sites for hydroxylation is 1. The second-order valence-electron chi connectivity index (χ2n) is 4.56. The second kappa shape index (κ2) is 8.27. The molecule has 0 saturated carbocycles. The first-order valence-corrected chi connectivity index (χ1v) is 6.62. The van der Waals surface area contributed by atoms with E-state index in [1.807, 2.05) is 19.1 Å². The van der Waals surface area contributed by atoms with Crippen molar-refractivity contribution < 1.29 is 19.8 Å². The minimum atomic E-state index is -1.17. The first-order valence-electron chi connectivity index (χ1n) is 6.62. The molecule has 0 fully saturated rings. The maximum atomic E-state index is 12.0. The largest absolute Gasteiger partial charge is 0.480 e. The molecule has 6 nitrogen and oxygen atoms in total. The van der Waals surface area contributed by atoms with Gasteiger partial charge in [-0.3, -0.25) is 14.6 Å².